The van der Waals surface area contributed by atoms with Gasteiger partial charge in [-0.2, -0.15) is 13.2 Å². The molecule has 1 aromatic heterocycles. The highest BCUT2D eigenvalue weighted by Gasteiger charge is 2.42. The van der Waals surface area contributed by atoms with Crippen LogP contribution in [0.4, 0.5) is 23.2 Å². The van der Waals surface area contributed by atoms with Gasteiger partial charge in [0.1, 0.15) is 17.1 Å². The van der Waals surface area contributed by atoms with E-state index in [2.05, 4.69) is 15.5 Å². The molecule has 0 spiro atoms. The van der Waals surface area contributed by atoms with Crippen molar-refractivity contribution in [1.82, 2.24) is 10.5 Å². The number of nitrogens with two attached hydrogens (primary N) is 1. The summed E-state index contributed by atoms with van der Waals surface area (Å²) < 4.78 is 61.6. The molecule has 3 rings (SSSR count). The highest BCUT2D eigenvalue weighted by atomic mass is 35.5. The first-order valence-electron chi connectivity index (χ1n) is 9.08. The van der Waals surface area contributed by atoms with Gasteiger partial charge in [0.2, 0.25) is 0 Å². The summed E-state index contributed by atoms with van der Waals surface area (Å²) in [5.74, 6) is -2.46. The summed E-state index contributed by atoms with van der Waals surface area (Å²) in [4.78, 5) is 16.2. The topological polar surface area (TPSA) is 93.5 Å². The largest absolute Gasteiger partial charge is 0.434 e. The Labute approximate surface area is 194 Å². The minimum Gasteiger partial charge on any atom is -0.404 e. The SMILES string of the molecule is CNC(=O)c1c(-c2c(F)cccc2Cl)noc1C(=CN)C(=Nc1cccc(Cl)c1)C(F)(F)F. The molecule has 1 amide bonds. The van der Waals surface area contributed by atoms with E-state index in [9.17, 15) is 22.4 Å². The number of aromatic nitrogens is 1. The molecule has 1 heterocycles. The standard InChI is InChI=1S/C21H14Cl2F4N4O2/c1-29-20(32)16-17(15-13(23)6-3-7-14(15)24)31-33-18(16)12(9-28)19(21(25,26)27)30-11-5-2-4-10(22)8-11/h2-9H,28H2,1H3,(H,29,32). The normalized spacial score (nSPS) is 12.7. The van der Waals surface area contributed by atoms with Crippen molar-refractivity contribution in [3.05, 3.63) is 75.9 Å². The maximum Gasteiger partial charge on any atom is 0.434 e. The summed E-state index contributed by atoms with van der Waals surface area (Å²) in [5.41, 5.74) is 1.85. The Morgan fingerprint density at radius 1 is 1.21 bits per heavy atom. The smallest absolute Gasteiger partial charge is 0.404 e. The number of halogens is 6. The quantitative estimate of drug-likeness (QED) is 0.342. The van der Waals surface area contributed by atoms with E-state index >= 15 is 0 Å². The number of carbonyl (C=O) groups excluding carboxylic acids is 1. The van der Waals surface area contributed by atoms with Gasteiger partial charge in [0.05, 0.1) is 21.8 Å². The molecule has 3 N–H and O–H groups in total. The third kappa shape index (κ3) is 5.01. The average Bonchev–Trinajstić information content (AvgIpc) is 3.16. The van der Waals surface area contributed by atoms with Crippen LogP contribution in [0.25, 0.3) is 16.8 Å². The third-order valence-corrected chi connectivity index (χ3v) is 4.88. The zero-order chi connectivity index (χ0) is 24.3. The van der Waals surface area contributed by atoms with Gasteiger partial charge < -0.3 is 15.6 Å². The first-order valence-corrected chi connectivity index (χ1v) is 9.84. The Morgan fingerprint density at radius 2 is 1.91 bits per heavy atom. The predicted molar refractivity (Wildman–Crippen MR) is 117 cm³/mol. The minimum absolute atomic E-state index is 0.132. The summed E-state index contributed by atoms with van der Waals surface area (Å²) in [6.07, 6.45) is -4.47. The molecular formula is C21H14Cl2F4N4O2. The van der Waals surface area contributed by atoms with Crippen molar-refractivity contribution in [2.24, 2.45) is 10.7 Å². The molecule has 2 aromatic carbocycles. The molecule has 3 aromatic rings. The Morgan fingerprint density at radius 3 is 2.48 bits per heavy atom. The van der Waals surface area contributed by atoms with Gasteiger partial charge in [0.15, 0.2) is 11.5 Å². The Kier molecular flexibility index (Phi) is 7.09. The molecule has 0 aliphatic carbocycles. The van der Waals surface area contributed by atoms with Crippen molar-refractivity contribution in [2.75, 3.05) is 7.05 Å². The van der Waals surface area contributed by atoms with Crippen molar-refractivity contribution < 1.29 is 26.9 Å². The number of aliphatic imine (C=N–C) groups is 1. The van der Waals surface area contributed by atoms with E-state index in [0.29, 0.717) is 6.20 Å². The number of alkyl halides is 3. The number of amides is 1. The van der Waals surface area contributed by atoms with Gasteiger partial charge >= 0.3 is 6.18 Å². The van der Waals surface area contributed by atoms with Crippen molar-refractivity contribution in [2.45, 2.75) is 6.18 Å². The first kappa shape index (κ1) is 24.3. The van der Waals surface area contributed by atoms with Crippen LogP contribution in [0.2, 0.25) is 10.0 Å². The molecule has 0 atom stereocenters. The van der Waals surface area contributed by atoms with Crippen molar-refractivity contribution in [3.8, 4) is 11.3 Å². The fourth-order valence-electron chi connectivity index (χ4n) is 2.92. The van der Waals surface area contributed by atoms with E-state index in [0.717, 1.165) is 6.07 Å². The fourth-order valence-corrected chi connectivity index (χ4v) is 3.35. The van der Waals surface area contributed by atoms with Gasteiger partial charge in [-0.25, -0.2) is 9.38 Å². The summed E-state index contributed by atoms with van der Waals surface area (Å²) in [6.45, 7) is 0. The van der Waals surface area contributed by atoms with Crippen molar-refractivity contribution >= 4 is 46.1 Å². The van der Waals surface area contributed by atoms with Crippen molar-refractivity contribution in [3.63, 3.8) is 0 Å². The number of hydrogen-bond donors (Lipinski definition) is 2. The van der Waals surface area contributed by atoms with E-state index in [1.54, 1.807) is 0 Å². The maximum atomic E-state index is 14.5. The van der Waals surface area contributed by atoms with E-state index in [4.69, 9.17) is 33.5 Å². The number of nitrogens with zero attached hydrogens (tertiary/aromatic N) is 2. The second kappa shape index (κ2) is 9.63. The van der Waals surface area contributed by atoms with Crippen LogP contribution in [-0.2, 0) is 0 Å². The van der Waals surface area contributed by atoms with Crippen LogP contribution in [0.5, 0.6) is 0 Å². The molecule has 6 nitrogen and oxygen atoms in total. The van der Waals surface area contributed by atoms with E-state index in [1.165, 1.54) is 43.4 Å². The molecule has 0 aliphatic rings. The molecule has 0 saturated carbocycles. The lowest BCUT2D eigenvalue weighted by Gasteiger charge is -2.13. The monoisotopic (exact) mass is 500 g/mol. The third-order valence-electron chi connectivity index (χ3n) is 4.33. The van der Waals surface area contributed by atoms with E-state index in [1.807, 2.05) is 0 Å². The predicted octanol–water partition coefficient (Wildman–Crippen LogP) is 5.78. The summed E-state index contributed by atoms with van der Waals surface area (Å²) in [5, 5.41) is 5.91. The zero-order valence-corrected chi connectivity index (χ0v) is 18.2. The summed E-state index contributed by atoms with van der Waals surface area (Å²) in [7, 11) is 1.22. The first-order chi connectivity index (χ1) is 15.6. The average molecular weight is 501 g/mol. The van der Waals surface area contributed by atoms with Gasteiger partial charge in [-0.1, -0.05) is 40.5 Å². The van der Waals surface area contributed by atoms with Crippen LogP contribution in [0.1, 0.15) is 16.1 Å². The highest BCUT2D eigenvalue weighted by Crippen LogP contribution is 2.38. The molecule has 0 unspecified atom stereocenters. The molecule has 0 fully saturated rings. The number of rotatable bonds is 5. The molecule has 0 aliphatic heterocycles. The van der Waals surface area contributed by atoms with Crippen LogP contribution < -0.4 is 11.1 Å². The molecular weight excluding hydrogens is 487 g/mol. The van der Waals surface area contributed by atoms with Crippen molar-refractivity contribution in [1.29, 1.82) is 0 Å². The van der Waals surface area contributed by atoms with E-state index < -0.39 is 46.2 Å². The Balaban J connectivity index is 2.29. The lowest BCUT2D eigenvalue weighted by molar-refractivity contribution is -0.0571. The highest BCUT2D eigenvalue weighted by molar-refractivity contribution is 6.34. The number of carbonyl (C=O) groups is 1. The van der Waals surface area contributed by atoms with E-state index in [-0.39, 0.29) is 21.3 Å². The molecule has 172 valence electrons. The fraction of sp³-hybridized carbons (Fsp3) is 0.0952. The van der Waals surface area contributed by atoms with Gasteiger partial charge in [-0.3, -0.25) is 4.79 Å². The second-order valence-electron chi connectivity index (χ2n) is 6.43. The van der Waals surface area contributed by atoms with Gasteiger partial charge in [0, 0.05) is 18.3 Å². The van der Waals surface area contributed by atoms with Crippen LogP contribution in [-0.4, -0.2) is 30.0 Å². The molecule has 0 bridgehead atoms. The number of nitrogens with one attached hydrogen (secondary N) is 1. The molecule has 33 heavy (non-hydrogen) atoms. The molecule has 0 saturated heterocycles. The van der Waals surface area contributed by atoms with Crippen LogP contribution in [0.3, 0.4) is 0 Å². The van der Waals surface area contributed by atoms with Gasteiger partial charge in [-0.15, -0.1) is 0 Å². The van der Waals surface area contributed by atoms with Crippen LogP contribution >= 0.6 is 23.2 Å². The van der Waals surface area contributed by atoms with Crippen LogP contribution in [0.15, 0.2) is 58.2 Å². The molecule has 12 heteroatoms. The number of hydrogen-bond acceptors (Lipinski definition) is 5. The Bertz CT molecular complexity index is 1250. The van der Waals surface area contributed by atoms with Crippen LogP contribution in [0, 0.1) is 5.82 Å². The summed E-state index contributed by atoms with van der Waals surface area (Å²) in [6, 6.07) is 9.03. The lowest BCUT2D eigenvalue weighted by atomic mass is 9.99. The number of benzene rings is 2. The second-order valence-corrected chi connectivity index (χ2v) is 7.27. The van der Waals surface area contributed by atoms with Gasteiger partial charge in [0.25, 0.3) is 5.91 Å². The lowest BCUT2D eigenvalue weighted by Crippen LogP contribution is -2.26. The number of allylic oxidation sites excluding steroid dienone is 1. The maximum absolute atomic E-state index is 14.5. The van der Waals surface area contributed by atoms with Gasteiger partial charge in [-0.05, 0) is 30.3 Å². The molecule has 0 radical (unpaired) electrons. The Hall–Kier alpha value is -3.37. The minimum atomic E-state index is -5.03. The zero-order valence-electron chi connectivity index (χ0n) is 16.7. The summed E-state index contributed by atoms with van der Waals surface area (Å²) >= 11 is 11.9.